The quantitative estimate of drug-likeness (QED) is 0.667. The Hall–Kier alpha value is -0.470. The maximum Gasteiger partial charge on any atom is 0.0504 e. The number of nitrogens with zero attached hydrogens (tertiary/aromatic N) is 1. The summed E-state index contributed by atoms with van der Waals surface area (Å²) in [6.45, 7) is 0. The molecule has 0 spiro atoms. The lowest BCUT2D eigenvalue weighted by Gasteiger charge is -1.95. The molecule has 0 N–H and O–H groups in total. The van der Waals surface area contributed by atoms with Gasteiger partial charge in [0.25, 0.3) is 0 Å². The highest BCUT2D eigenvalue weighted by Crippen LogP contribution is 2.27. The SMILES string of the molecule is Cn1cc(Br)c2ccc(Cl)cc21. The zero-order valence-electron chi connectivity index (χ0n) is 6.51. The minimum Gasteiger partial charge on any atom is -0.349 e. The van der Waals surface area contributed by atoms with E-state index in [0.717, 1.165) is 15.0 Å². The number of fused-ring (bicyclic) bond motifs is 1. The minimum atomic E-state index is 0.774. The van der Waals surface area contributed by atoms with Crippen molar-refractivity contribution in [1.29, 1.82) is 0 Å². The van der Waals surface area contributed by atoms with Gasteiger partial charge in [0.15, 0.2) is 0 Å². The van der Waals surface area contributed by atoms with Gasteiger partial charge in [-0.15, -0.1) is 0 Å². The van der Waals surface area contributed by atoms with E-state index >= 15 is 0 Å². The molecule has 12 heavy (non-hydrogen) atoms. The Bertz CT molecular complexity index is 433. The van der Waals surface area contributed by atoms with Gasteiger partial charge in [-0.3, -0.25) is 0 Å². The second-order valence-corrected chi connectivity index (χ2v) is 4.04. The molecule has 3 heteroatoms. The lowest BCUT2D eigenvalue weighted by Crippen LogP contribution is -1.82. The summed E-state index contributed by atoms with van der Waals surface area (Å²) in [6, 6.07) is 5.87. The van der Waals surface area contributed by atoms with Crippen molar-refractivity contribution < 1.29 is 0 Å². The number of rotatable bonds is 0. The van der Waals surface area contributed by atoms with Gasteiger partial charge in [0.2, 0.25) is 0 Å². The number of aryl methyl sites for hydroxylation is 1. The fourth-order valence-corrected chi connectivity index (χ4v) is 2.12. The van der Waals surface area contributed by atoms with Crippen molar-refractivity contribution in [3.8, 4) is 0 Å². The summed E-state index contributed by atoms with van der Waals surface area (Å²) >= 11 is 9.35. The Morgan fingerprint density at radius 1 is 1.42 bits per heavy atom. The Labute approximate surface area is 84.1 Å². The number of hydrogen-bond donors (Lipinski definition) is 0. The van der Waals surface area contributed by atoms with Gasteiger partial charge in [0.1, 0.15) is 0 Å². The molecule has 1 aromatic heterocycles. The number of halogens is 2. The fourth-order valence-electron chi connectivity index (χ4n) is 1.31. The van der Waals surface area contributed by atoms with Gasteiger partial charge in [-0.2, -0.15) is 0 Å². The lowest BCUT2D eigenvalue weighted by molar-refractivity contribution is 0.967. The van der Waals surface area contributed by atoms with Crippen LogP contribution in [-0.4, -0.2) is 4.57 Å². The Morgan fingerprint density at radius 2 is 2.17 bits per heavy atom. The molecule has 1 nitrogen and oxygen atoms in total. The van der Waals surface area contributed by atoms with Crippen LogP contribution in [0.1, 0.15) is 0 Å². The average molecular weight is 245 g/mol. The predicted octanol–water partition coefficient (Wildman–Crippen LogP) is 3.59. The summed E-state index contributed by atoms with van der Waals surface area (Å²) in [6.07, 6.45) is 2.03. The molecule has 0 bridgehead atoms. The monoisotopic (exact) mass is 243 g/mol. The van der Waals surface area contributed by atoms with E-state index in [1.807, 2.05) is 36.0 Å². The van der Waals surface area contributed by atoms with Crippen LogP contribution in [0.3, 0.4) is 0 Å². The summed E-state index contributed by atoms with van der Waals surface area (Å²) < 4.78 is 3.15. The minimum absolute atomic E-state index is 0.774. The largest absolute Gasteiger partial charge is 0.349 e. The van der Waals surface area contributed by atoms with Crippen molar-refractivity contribution >= 4 is 38.4 Å². The zero-order chi connectivity index (χ0) is 8.72. The fraction of sp³-hybridized carbons (Fsp3) is 0.111. The molecule has 0 radical (unpaired) electrons. The second kappa shape index (κ2) is 2.79. The van der Waals surface area contributed by atoms with E-state index in [1.54, 1.807) is 0 Å². The third kappa shape index (κ3) is 1.15. The van der Waals surface area contributed by atoms with E-state index in [0.29, 0.717) is 0 Å². The highest BCUT2D eigenvalue weighted by molar-refractivity contribution is 9.10. The Morgan fingerprint density at radius 3 is 2.92 bits per heavy atom. The molecule has 0 fully saturated rings. The molecule has 0 saturated carbocycles. The van der Waals surface area contributed by atoms with E-state index in [-0.39, 0.29) is 0 Å². The highest BCUT2D eigenvalue weighted by Gasteiger charge is 2.03. The van der Waals surface area contributed by atoms with Crippen LogP contribution < -0.4 is 0 Å². The smallest absolute Gasteiger partial charge is 0.0504 e. The van der Waals surface area contributed by atoms with Crippen LogP contribution in [-0.2, 0) is 7.05 Å². The molecular formula is C9H7BrClN. The van der Waals surface area contributed by atoms with Gasteiger partial charge in [-0.05, 0) is 28.1 Å². The van der Waals surface area contributed by atoms with Crippen LogP contribution in [0.5, 0.6) is 0 Å². The maximum atomic E-state index is 5.87. The van der Waals surface area contributed by atoms with E-state index < -0.39 is 0 Å². The van der Waals surface area contributed by atoms with E-state index in [4.69, 9.17) is 11.6 Å². The average Bonchev–Trinajstić information content (AvgIpc) is 2.28. The van der Waals surface area contributed by atoms with E-state index in [9.17, 15) is 0 Å². The molecule has 2 rings (SSSR count). The van der Waals surface area contributed by atoms with Crippen molar-refractivity contribution in [3.63, 3.8) is 0 Å². The third-order valence-corrected chi connectivity index (χ3v) is 2.77. The summed E-state index contributed by atoms with van der Waals surface area (Å²) in [5, 5.41) is 1.97. The van der Waals surface area contributed by atoms with Crippen molar-refractivity contribution in [2.24, 2.45) is 7.05 Å². The van der Waals surface area contributed by atoms with Crippen LogP contribution in [0.25, 0.3) is 10.9 Å². The molecule has 0 amide bonds. The van der Waals surface area contributed by atoms with Gasteiger partial charge < -0.3 is 4.57 Å². The van der Waals surface area contributed by atoms with E-state index in [1.165, 1.54) is 5.39 Å². The van der Waals surface area contributed by atoms with Crippen molar-refractivity contribution in [3.05, 3.63) is 33.9 Å². The zero-order valence-corrected chi connectivity index (χ0v) is 8.85. The molecule has 2 aromatic rings. The number of aromatic nitrogens is 1. The van der Waals surface area contributed by atoms with Gasteiger partial charge in [0.05, 0.1) is 5.52 Å². The molecule has 0 aliphatic heterocycles. The summed E-state index contributed by atoms with van der Waals surface area (Å²) in [4.78, 5) is 0. The Balaban J connectivity index is 2.90. The Kier molecular flexibility index (Phi) is 1.89. The second-order valence-electron chi connectivity index (χ2n) is 2.75. The molecule has 1 heterocycles. The molecule has 0 unspecified atom stereocenters. The van der Waals surface area contributed by atoms with Crippen LogP contribution in [0.2, 0.25) is 5.02 Å². The summed E-state index contributed by atoms with van der Waals surface area (Å²) in [5.74, 6) is 0. The first kappa shape index (κ1) is 8.14. The van der Waals surface area contributed by atoms with Crippen molar-refractivity contribution in [2.45, 2.75) is 0 Å². The molecule has 0 aliphatic rings. The van der Waals surface area contributed by atoms with Crippen LogP contribution in [0.4, 0.5) is 0 Å². The standard InChI is InChI=1S/C9H7BrClN/c1-12-5-8(10)7-3-2-6(11)4-9(7)12/h2-5H,1H3. The summed E-state index contributed by atoms with van der Waals surface area (Å²) in [7, 11) is 2.00. The molecule has 0 atom stereocenters. The first-order valence-electron chi connectivity index (χ1n) is 3.58. The van der Waals surface area contributed by atoms with Gasteiger partial charge >= 0.3 is 0 Å². The molecular weight excluding hydrogens is 237 g/mol. The third-order valence-electron chi connectivity index (χ3n) is 1.90. The lowest BCUT2D eigenvalue weighted by atomic mass is 10.2. The van der Waals surface area contributed by atoms with Gasteiger partial charge in [-0.25, -0.2) is 0 Å². The van der Waals surface area contributed by atoms with Crippen molar-refractivity contribution in [1.82, 2.24) is 4.57 Å². The van der Waals surface area contributed by atoms with Crippen LogP contribution >= 0.6 is 27.5 Å². The summed E-state index contributed by atoms with van der Waals surface area (Å²) in [5.41, 5.74) is 1.15. The van der Waals surface area contributed by atoms with E-state index in [2.05, 4.69) is 15.9 Å². The predicted molar refractivity (Wildman–Crippen MR) is 55.6 cm³/mol. The van der Waals surface area contributed by atoms with Crippen LogP contribution in [0.15, 0.2) is 28.9 Å². The van der Waals surface area contributed by atoms with Crippen molar-refractivity contribution in [2.75, 3.05) is 0 Å². The number of hydrogen-bond acceptors (Lipinski definition) is 0. The maximum absolute atomic E-state index is 5.87. The molecule has 1 aromatic carbocycles. The highest BCUT2D eigenvalue weighted by atomic mass is 79.9. The first-order chi connectivity index (χ1) is 5.68. The normalized spacial score (nSPS) is 10.9. The molecule has 0 aliphatic carbocycles. The molecule has 0 saturated heterocycles. The first-order valence-corrected chi connectivity index (χ1v) is 4.75. The number of benzene rings is 1. The van der Waals surface area contributed by atoms with Gasteiger partial charge in [0, 0.05) is 28.1 Å². The van der Waals surface area contributed by atoms with Crippen LogP contribution in [0, 0.1) is 0 Å². The van der Waals surface area contributed by atoms with Gasteiger partial charge in [-0.1, -0.05) is 17.7 Å². The molecule has 62 valence electrons. The topological polar surface area (TPSA) is 4.93 Å².